The molecular formula is C15H18ClF3N2. The number of alkyl halides is 4. The lowest BCUT2D eigenvalue weighted by Gasteiger charge is -2.18. The van der Waals surface area contributed by atoms with Gasteiger partial charge in [0.1, 0.15) is 5.82 Å². The van der Waals surface area contributed by atoms with Crippen molar-refractivity contribution in [1.29, 1.82) is 0 Å². The molecule has 0 spiro atoms. The van der Waals surface area contributed by atoms with Crippen molar-refractivity contribution in [2.45, 2.75) is 39.4 Å². The second-order valence-corrected chi connectivity index (χ2v) is 5.96. The van der Waals surface area contributed by atoms with Gasteiger partial charge >= 0.3 is 6.18 Å². The Labute approximate surface area is 126 Å². The quantitative estimate of drug-likeness (QED) is 0.718. The smallest absolute Gasteiger partial charge is 0.327 e. The minimum absolute atomic E-state index is 0.181. The second-order valence-electron chi connectivity index (χ2n) is 5.69. The molecule has 1 unspecified atom stereocenters. The van der Waals surface area contributed by atoms with Crippen LogP contribution in [0.4, 0.5) is 13.2 Å². The van der Waals surface area contributed by atoms with Crippen molar-refractivity contribution in [3.8, 4) is 0 Å². The fourth-order valence-corrected chi connectivity index (χ4v) is 2.36. The summed E-state index contributed by atoms with van der Waals surface area (Å²) in [6.45, 7) is 7.04. The SMILES string of the molecule is CC(C)C(C)Cn1c(CCl)nc2cc(C(F)(F)F)ccc21. The first kappa shape index (κ1) is 16.1. The molecule has 1 aromatic carbocycles. The Morgan fingerprint density at radius 1 is 1.24 bits per heavy atom. The van der Waals surface area contributed by atoms with E-state index in [1.165, 1.54) is 6.07 Å². The second kappa shape index (κ2) is 5.87. The number of hydrogen-bond donors (Lipinski definition) is 0. The Hall–Kier alpha value is -1.23. The fraction of sp³-hybridized carbons (Fsp3) is 0.533. The number of aromatic nitrogens is 2. The number of benzene rings is 1. The predicted octanol–water partition coefficient (Wildman–Crippen LogP) is 5.09. The molecule has 0 aliphatic heterocycles. The minimum atomic E-state index is -4.36. The van der Waals surface area contributed by atoms with Crippen molar-refractivity contribution >= 4 is 22.6 Å². The summed E-state index contributed by atoms with van der Waals surface area (Å²) in [5.41, 5.74) is 0.361. The molecule has 0 saturated heterocycles. The molecular weight excluding hydrogens is 301 g/mol. The van der Waals surface area contributed by atoms with Gasteiger partial charge in [0.2, 0.25) is 0 Å². The molecule has 2 aromatic rings. The molecule has 6 heteroatoms. The Balaban J connectivity index is 2.50. The van der Waals surface area contributed by atoms with Crippen LogP contribution in [0.25, 0.3) is 11.0 Å². The van der Waals surface area contributed by atoms with Crippen molar-refractivity contribution < 1.29 is 13.2 Å². The zero-order chi connectivity index (χ0) is 15.8. The third-order valence-electron chi connectivity index (χ3n) is 3.88. The highest BCUT2D eigenvalue weighted by atomic mass is 35.5. The highest BCUT2D eigenvalue weighted by Crippen LogP contribution is 2.32. The summed E-state index contributed by atoms with van der Waals surface area (Å²) in [4.78, 5) is 4.25. The first-order chi connectivity index (χ1) is 9.74. The van der Waals surface area contributed by atoms with Crippen molar-refractivity contribution in [2.24, 2.45) is 11.8 Å². The van der Waals surface area contributed by atoms with Gasteiger partial charge in [0.25, 0.3) is 0 Å². The van der Waals surface area contributed by atoms with Gasteiger partial charge in [-0.3, -0.25) is 0 Å². The van der Waals surface area contributed by atoms with E-state index < -0.39 is 11.7 Å². The molecule has 1 aromatic heterocycles. The van der Waals surface area contributed by atoms with Crippen LogP contribution in [0.15, 0.2) is 18.2 Å². The lowest BCUT2D eigenvalue weighted by atomic mass is 9.98. The topological polar surface area (TPSA) is 17.8 Å². The standard InChI is InChI=1S/C15H18ClF3N2/c1-9(2)10(3)8-21-13-5-4-11(15(17,18)19)6-12(13)20-14(21)7-16/h4-6,9-10H,7-8H2,1-3H3. The van der Waals surface area contributed by atoms with Crippen LogP contribution >= 0.6 is 11.6 Å². The Morgan fingerprint density at radius 2 is 1.90 bits per heavy atom. The average molecular weight is 319 g/mol. The third-order valence-corrected chi connectivity index (χ3v) is 4.12. The molecule has 0 radical (unpaired) electrons. The number of fused-ring (bicyclic) bond motifs is 1. The molecule has 2 nitrogen and oxygen atoms in total. The maximum Gasteiger partial charge on any atom is 0.416 e. The molecule has 116 valence electrons. The third kappa shape index (κ3) is 3.34. The zero-order valence-electron chi connectivity index (χ0n) is 12.2. The van der Waals surface area contributed by atoms with Gasteiger partial charge in [-0.05, 0) is 30.0 Å². The van der Waals surface area contributed by atoms with E-state index in [4.69, 9.17) is 11.6 Å². The lowest BCUT2D eigenvalue weighted by molar-refractivity contribution is -0.137. The van der Waals surface area contributed by atoms with Crippen LogP contribution in [0.1, 0.15) is 32.2 Å². The minimum Gasteiger partial charge on any atom is -0.327 e. The van der Waals surface area contributed by atoms with E-state index in [9.17, 15) is 13.2 Å². The zero-order valence-corrected chi connectivity index (χ0v) is 13.0. The summed E-state index contributed by atoms with van der Waals surface area (Å²) >= 11 is 5.89. The molecule has 0 aliphatic carbocycles. The van der Waals surface area contributed by atoms with Crippen LogP contribution in [0.5, 0.6) is 0 Å². The first-order valence-electron chi connectivity index (χ1n) is 6.86. The number of nitrogens with zero attached hydrogens (tertiary/aromatic N) is 2. The number of imidazole rings is 1. The molecule has 0 N–H and O–H groups in total. The van der Waals surface area contributed by atoms with Crippen LogP contribution in [0.3, 0.4) is 0 Å². The maximum atomic E-state index is 12.8. The summed E-state index contributed by atoms with van der Waals surface area (Å²) in [7, 11) is 0. The number of rotatable bonds is 4. The van der Waals surface area contributed by atoms with E-state index in [1.54, 1.807) is 0 Å². The van der Waals surface area contributed by atoms with Gasteiger partial charge in [0.05, 0.1) is 22.5 Å². The van der Waals surface area contributed by atoms with Gasteiger partial charge in [0.15, 0.2) is 0 Å². The summed E-state index contributed by atoms with van der Waals surface area (Å²) in [6.07, 6.45) is -4.36. The van der Waals surface area contributed by atoms with Gasteiger partial charge in [-0.2, -0.15) is 13.2 Å². The number of halogens is 4. The van der Waals surface area contributed by atoms with Crippen molar-refractivity contribution in [3.05, 3.63) is 29.6 Å². The van der Waals surface area contributed by atoms with E-state index in [-0.39, 0.29) is 5.88 Å². The molecule has 0 aliphatic rings. The summed E-state index contributed by atoms with van der Waals surface area (Å²) in [5, 5.41) is 0. The summed E-state index contributed by atoms with van der Waals surface area (Å²) in [5.74, 6) is 1.64. The monoisotopic (exact) mass is 318 g/mol. The Morgan fingerprint density at radius 3 is 2.43 bits per heavy atom. The average Bonchev–Trinajstić information content (AvgIpc) is 2.75. The van der Waals surface area contributed by atoms with E-state index in [2.05, 4.69) is 25.8 Å². The van der Waals surface area contributed by atoms with Crippen LogP contribution in [-0.4, -0.2) is 9.55 Å². The fourth-order valence-electron chi connectivity index (χ4n) is 2.16. The van der Waals surface area contributed by atoms with E-state index in [1.807, 2.05) is 4.57 Å². The molecule has 0 saturated carbocycles. The van der Waals surface area contributed by atoms with Crippen LogP contribution in [0, 0.1) is 11.8 Å². The van der Waals surface area contributed by atoms with Gasteiger partial charge in [0, 0.05) is 6.54 Å². The van der Waals surface area contributed by atoms with Crippen molar-refractivity contribution in [1.82, 2.24) is 9.55 Å². The highest BCUT2D eigenvalue weighted by Gasteiger charge is 2.31. The lowest BCUT2D eigenvalue weighted by Crippen LogP contribution is -2.14. The molecule has 1 atom stereocenters. The molecule has 0 fully saturated rings. The molecule has 21 heavy (non-hydrogen) atoms. The van der Waals surface area contributed by atoms with Gasteiger partial charge in [-0.25, -0.2) is 4.98 Å². The van der Waals surface area contributed by atoms with E-state index >= 15 is 0 Å². The molecule has 1 heterocycles. The highest BCUT2D eigenvalue weighted by molar-refractivity contribution is 6.16. The Kier molecular flexibility index (Phi) is 4.51. The molecule has 2 rings (SSSR count). The van der Waals surface area contributed by atoms with Crippen molar-refractivity contribution in [3.63, 3.8) is 0 Å². The van der Waals surface area contributed by atoms with Gasteiger partial charge in [-0.1, -0.05) is 20.8 Å². The van der Waals surface area contributed by atoms with Crippen LogP contribution in [0.2, 0.25) is 0 Å². The van der Waals surface area contributed by atoms with E-state index in [0.29, 0.717) is 35.2 Å². The largest absolute Gasteiger partial charge is 0.416 e. The van der Waals surface area contributed by atoms with E-state index in [0.717, 1.165) is 12.1 Å². The predicted molar refractivity (Wildman–Crippen MR) is 78.3 cm³/mol. The molecule has 0 amide bonds. The normalized spacial score (nSPS) is 14.1. The van der Waals surface area contributed by atoms with Crippen LogP contribution in [-0.2, 0) is 18.6 Å². The van der Waals surface area contributed by atoms with Crippen LogP contribution < -0.4 is 0 Å². The van der Waals surface area contributed by atoms with Gasteiger partial charge < -0.3 is 4.57 Å². The maximum absolute atomic E-state index is 12.8. The first-order valence-corrected chi connectivity index (χ1v) is 7.39. The number of hydrogen-bond acceptors (Lipinski definition) is 1. The summed E-state index contributed by atoms with van der Waals surface area (Å²) < 4.78 is 40.2. The van der Waals surface area contributed by atoms with Gasteiger partial charge in [-0.15, -0.1) is 11.6 Å². The molecule has 0 bridgehead atoms. The Bertz CT molecular complexity index is 632. The summed E-state index contributed by atoms with van der Waals surface area (Å²) in [6, 6.07) is 3.66. The van der Waals surface area contributed by atoms with Crippen molar-refractivity contribution in [2.75, 3.05) is 0 Å².